The lowest BCUT2D eigenvalue weighted by Crippen LogP contribution is -2.08. The first-order valence-corrected chi connectivity index (χ1v) is 7.21. The first-order chi connectivity index (χ1) is 11.9. The summed E-state index contributed by atoms with van der Waals surface area (Å²) in [6.45, 7) is -3.01. The van der Waals surface area contributed by atoms with E-state index < -0.39 is 17.4 Å². The van der Waals surface area contributed by atoms with Gasteiger partial charge in [0.15, 0.2) is 0 Å². The summed E-state index contributed by atoms with van der Waals surface area (Å²) in [5.41, 5.74) is 0.383. The highest BCUT2D eigenvalue weighted by molar-refractivity contribution is 6.32. The van der Waals surface area contributed by atoms with E-state index in [-0.39, 0.29) is 27.7 Å². The number of nitro groups is 1. The Morgan fingerprint density at radius 2 is 2.00 bits per heavy atom. The highest BCUT2D eigenvalue weighted by Crippen LogP contribution is 2.29. The van der Waals surface area contributed by atoms with Gasteiger partial charge in [0.05, 0.1) is 15.5 Å². The van der Waals surface area contributed by atoms with Gasteiger partial charge in [-0.15, -0.1) is 0 Å². The van der Waals surface area contributed by atoms with Crippen LogP contribution in [0.5, 0.6) is 5.75 Å². The largest absolute Gasteiger partial charge is 0.433 e. The Morgan fingerprint density at radius 1 is 1.28 bits per heavy atom. The molecule has 0 saturated heterocycles. The number of carbonyl (C=O) groups is 1. The van der Waals surface area contributed by atoms with Crippen molar-refractivity contribution in [3.8, 4) is 5.75 Å². The maximum Gasteiger partial charge on any atom is 0.387 e. The highest BCUT2D eigenvalue weighted by atomic mass is 35.5. The lowest BCUT2D eigenvalue weighted by atomic mass is 10.1. The van der Waals surface area contributed by atoms with Gasteiger partial charge in [-0.05, 0) is 30.3 Å². The first-order valence-electron chi connectivity index (χ1n) is 6.83. The van der Waals surface area contributed by atoms with Gasteiger partial charge >= 0.3 is 6.61 Å². The Kier molecular flexibility index (Phi) is 6.02. The summed E-state index contributed by atoms with van der Waals surface area (Å²) in [6.07, 6.45) is 2.41. The van der Waals surface area contributed by atoms with Crippen LogP contribution in [0, 0.1) is 10.1 Å². The van der Waals surface area contributed by atoms with Gasteiger partial charge in [-0.2, -0.15) is 8.78 Å². The lowest BCUT2D eigenvalue weighted by molar-refractivity contribution is -0.385. The lowest BCUT2D eigenvalue weighted by Gasteiger charge is -2.08. The number of amides is 1. The Labute approximate surface area is 145 Å². The second-order valence-electron chi connectivity index (χ2n) is 4.66. The first kappa shape index (κ1) is 18.3. The predicted octanol–water partition coefficient (Wildman–Crippen LogP) is 4.50. The molecule has 2 aromatic carbocycles. The minimum Gasteiger partial charge on any atom is -0.433 e. The molecule has 0 aliphatic carbocycles. The summed E-state index contributed by atoms with van der Waals surface area (Å²) in [6, 6.07) is 9.70. The van der Waals surface area contributed by atoms with Crippen LogP contribution in [0.15, 0.2) is 48.5 Å². The Balaban J connectivity index is 2.08. The average molecular weight is 369 g/mol. The third-order valence-electron chi connectivity index (χ3n) is 2.96. The minimum absolute atomic E-state index is 0.0965. The van der Waals surface area contributed by atoms with E-state index in [1.165, 1.54) is 42.5 Å². The zero-order valence-corrected chi connectivity index (χ0v) is 13.2. The third-order valence-corrected chi connectivity index (χ3v) is 3.26. The summed E-state index contributed by atoms with van der Waals surface area (Å²) >= 11 is 5.78. The van der Waals surface area contributed by atoms with Crippen molar-refractivity contribution in [2.75, 3.05) is 5.32 Å². The number of para-hydroxylation sites is 1. The van der Waals surface area contributed by atoms with E-state index in [4.69, 9.17) is 11.6 Å². The molecule has 1 amide bonds. The Bertz CT molecular complexity index is 828. The third kappa shape index (κ3) is 5.25. The molecule has 0 aliphatic heterocycles. The number of carbonyl (C=O) groups excluding carboxylic acids is 1. The van der Waals surface area contributed by atoms with Gasteiger partial charge in [0, 0.05) is 17.8 Å². The molecule has 25 heavy (non-hydrogen) atoms. The van der Waals surface area contributed by atoms with Crippen molar-refractivity contribution in [3.63, 3.8) is 0 Å². The summed E-state index contributed by atoms with van der Waals surface area (Å²) in [5, 5.41) is 13.3. The maximum absolute atomic E-state index is 12.2. The van der Waals surface area contributed by atoms with Crippen LogP contribution < -0.4 is 10.1 Å². The molecule has 0 radical (unpaired) electrons. The molecule has 0 spiro atoms. The van der Waals surface area contributed by atoms with Crippen molar-refractivity contribution in [2.24, 2.45) is 0 Å². The van der Waals surface area contributed by atoms with Gasteiger partial charge in [-0.25, -0.2) is 0 Å². The van der Waals surface area contributed by atoms with Crippen molar-refractivity contribution in [1.82, 2.24) is 0 Å². The molecule has 130 valence electrons. The number of nitrogens with zero attached hydrogens (tertiary/aromatic N) is 1. The Morgan fingerprint density at radius 3 is 2.64 bits per heavy atom. The predicted molar refractivity (Wildman–Crippen MR) is 88.8 cm³/mol. The van der Waals surface area contributed by atoms with Crippen LogP contribution in [-0.4, -0.2) is 17.4 Å². The molecule has 0 saturated carbocycles. The molecular weight excluding hydrogens is 358 g/mol. The highest BCUT2D eigenvalue weighted by Gasteiger charge is 2.11. The number of alkyl halides is 2. The number of rotatable bonds is 6. The van der Waals surface area contributed by atoms with Crippen LogP contribution in [0.1, 0.15) is 5.56 Å². The number of benzene rings is 2. The fourth-order valence-corrected chi connectivity index (χ4v) is 2.14. The molecule has 0 heterocycles. The van der Waals surface area contributed by atoms with Gasteiger partial charge < -0.3 is 10.1 Å². The molecular formula is C16H11ClF2N2O4. The van der Waals surface area contributed by atoms with E-state index in [1.807, 2.05) is 0 Å². The molecule has 0 bridgehead atoms. The standard InChI is InChI=1S/C16H11ClF2N2O4/c17-12-9-11(6-7-14(12)25-16(18)19)20-15(22)8-5-10-3-1-2-4-13(10)21(23)24/h1-9,16H,(H,20,22)/b8-5+. The van der Waals surface area contributed by atoms with Crippen LogP contribution in [0.4, 0.5) is 20.2 Å². The molecule has 0 unspecified atom stereocenters. The molecule has 9 heteroatoms. The normalized spacial score (nSPS) is 10.9. The topological polar surface area (TPSA) is 81.5 Å². The van der Waals surface area contributed by atoms with Gasteiger partial charge in [0.1, 0.15) is 5.75 Å². The van der Waals surface area contributed by atoms with E-state index in [0.717, 1.165) is 6.08 Å². The molecule has 6 nitrogen and oxygen atoms in total. The minimum atomic E-state index is -3.01. The van der Waals surface area contributed by atoms with Crippen molar-refractivity contribution < 1.29 is 23.2 Å². The van der Waals surface area contributed by atoms with Crippen LogP contribution in [0.2, 0.25) is 5.02 Å². The fraction of sp³-hybridized carbons (Fsp3) is 0.0625. The fourth-order valence-electron chi connectivity index (χ4n) is 1.91. The van der Waals surface area contributed by atoms with Gasteiger partial charge in [-0.3, -0.25) is 14.9 Å². The molecule has 0 fully saturated rings. The average Bonchev–Trinajstić information content (AvgIpc) is 2.55. The SMILES string of the molecule is O=C(/C=C/c1ccccc1[N+](=O)[O-])Nc1ccc(OC(F)F)c(Cl)c1. The van der Waals surface area contributed by atoms with Crippen LogP contribution in [0.3, 0.4) is 0 Å². The summed E-state index contributed by atoms with van der Waals surface area (Å²) in [4.78, 5) is 22.2. The molecule has 2 rings (SSSR count). The number of ether oxygens (including phenoxy) is 1. The van der Waals surface area contributed by atoms with Crippen molar-refractivity contribution >= 4 is 35.0 Å². The molecule has 2 aromatic rings. The van der Waals surface area contributed by atoms with E-state index in [2.05, 4.69) is 10.1 Å². The van der Waals surface area contributed by atoms with Crippen LogP contribution in [0.25, 0.3) is 6.08 Å². The van der Waals surface area contributed by atoms with Crippen LogP contribution >= 0.6 is 11.6 Å². The van der Waals surface area contributed by atoms with Crippen molar-refractivity contribution in [2.45, 2.75) is 6.61 Å². The summed E-state index contributed by atoms with van der Waals surface area (Å²) < 4.78 is 28.5. The Hall–Kier alpha value is -3.00. The summed E-state index contributed by atoms with van der Waals surface area (Å²) in [7, 11) is 0. The number of halogens is 3. The molecule has 0 atom stereocenters. The quantitative estimate of drug-likeness (QED) is 0.462. The van der Waals surface area contributed by atoms with Crippen molar-refractivity contribution in [1.29, 1.82) is 0 Å². The van der Waals surface area contributed by atoms with Gasteiger partial charge in [0.2, 0.25) is 5.91 Å². The molecule has 0 aromatic heterocycles. The summed E-state index contributed by atoms with van der Waals surface area (Å²) in [5.74, 6) is -0.790. The van der Waals surface area contributed by atoms with E-state index in [1.54, 1.807) is 6.07 Å². The molecule has 1 N–H and O–H groups in total. The number of nitro benzene ring substituents is 1. The van der Waals surface area contributed by atoms with Crippen molar-refractivity contribution in [3.05, 3.63) is 69.2 Å². The van der Waals surface area contributed by atoms with E-state index >= 15 is 0 Å². The smallest absolute Gasteiger partial charge is 0.387 e. The molecule has 0 aliphatic rings. The number of anilines is 1. The van der Waals surface area contributed by atoms with E-state index in [0.29, 0.717) is 0 Å². The van der Waals surface area contributed by atoms with Crippen LogP contribution in [-0.2, 0) is 4.79 Å². The number of hydrogen-bond acceptors (Lipinski definition) is 4. The zero-order chi connectivity index (χ0) is 18.4. The second kappa shape index (κ2) is 8.20. The zero-order valence-electron chi connectivity index (χ0n) is 12.5. The van der Waals surface area contributed by atoms with Gasteiger partial charge in [-0.1, -0.05) is 23.7 Å². The number of nitrogens with one attached hydrogen (secondary N) is 1. The maximum atomic E-state index is 12.2. The second-order valence-corrected chi connectivity index (χ2v) is 5.07. The number of hydrogen-bond donors (Lipinski definition) is 1. The monoisotopic (exact) mass is 368 g/mol. The van der Waals surface area contributed by atoms with Gasteiger partial charge in [0.25, 0.3) is 5.69 Å². The van der Waals surface area contributed by atoms with E-state index in [9.17, 15) is 23.7 Å².